The number of likely N-dealkylation sites (tertiary alicyclic amines) is 1. The Labute approximate surface area is 102 Å². The van der Waals surface area contributed by atoms with Crippen LogP contribution in [-0.2, 0) is 14.3 Å². The smallest absolute Gasteiger partial charge is 0.328 e. The lowest BCUT2D eigenvalue weighted by Crippen LogP contribution is -2.49. The molecule has 0 aromatic carbocycles. The Kier molecular flexibility index (Phi) is 3.15. The average Bonchev–Trinajstić information content (AvgIpc) is 2.96. The van der Waals surface area contributed by atoms with Crippen LogP contribution in [0.2, 0.25) is 0 Å². The van der Waals surface area contributed by atoms with Crippen LogP contribution in [0.1, 0.15) is 39.5 Å². The SMILES string of the molecule is COC(=O)[C@H]1CCCCN1C(=O)C1CC1(C)C. The molecule has 2 aliphatic rings. The maximum absolute atomic E-state index is 12.3. The average molecular weight is 239 g/mol. The van der Waals surface area contributed by atoms with E-state index >= 15 is 0 Å². The van der Waals surface area contributed by atoms with E-state index < -0.39 is 0 Å². The molecule has 2 rings (SSSR count). The second kappa shape index (κ2) is 4.31. The number of rotatable bonds is 2. The first-order valence-electron chi connectivity index (χ1n) is 6.35. The Morgan fingerprint density at radius 3 is 2.47 bits per heavy atom. The van der Waals surface area contributed by atoms with Gasteiger partial charge in [0.1, 0.15) is 6.04 Å². The van der Waals surface area contributed by atoms with E-state index in [4.69, 9.17) is 4.74 Å². The molecule has 0 aromatic rings. The zero-order valence-electron chi connectivity index (χ0n) is 10.9. The zero-order valence-corrected chi connectivity index (χ0v) is 10.9. The van der Waals surface area contributed by atoms with E-state index in [0.29, 0.717) is 6.54 Å². The zero-order chi connectivity index (χ0) is 12.6. The molecule has 1 aliphatic heterocycles. The molecule has 0 spiro atoms. The monoisotopic (exact) mass is 239 g/mol. The van der Waals surface area contributed by atoms with Crippen molar-refractivity contribution in [3.8, 4) is 0 Å². The van der Waals surface area contributed by atoms with Crippen LogP contribution in [-0.4, -0.2) is 36.5 Å². The van der Waals surface area contributed by atoms with Gasteiger partial charge in [0.15, 0.2) is 0 Å². The van der Waals surface area contributed by atoms with Crippen molar-refractivity contribution >= 4 is 11.9 Å². The van der Waals surface area contributed by atoms with Gasteiger partial charge in [0, 0.05) is 12.5 Å². The Morgan fingerprint density at radius 1 is 1.29 bits per heavy atom. The van der Waals surface area contributed by atoms with Crippen LogP contribution in [0.4, 0.5) is 0 Å². The Balaban J connectivity index is 2.06. The third-order valence-corrected chi connectivity index (χ3v) is 4.07. The molecular weight excluding hydrogens is 218 g/mol. The summed E-state index contributed by atoms with van der Waals surface area (Å²) in [6, 6.07) is -0.349. The van der Waals surface area contributed by atoms with Crippen LogP contribution < -0.4 is 0 Å². The second-order valence-corrected chi connectivity index (χ2v) is 5.81. The summed E-state index contributed by atoms with van der Waals surface area (Å²) < 4.78 is 4.79. The number of carbonyl (C=O) groups excluding carboxylic acids is 2. The Morgan fingerprint density at radius 2 is 1.94 bits per heavy atom. The molecule has 2 atom stereocenters. The molecule has 2 fully saturated rings. The van der Waals surface area contributed by atoms with Gasteiger partial charge in [-0.1, -0.05) is 13.8 Å². The summed E-state index contributed by atoms with van der Waals surface area (Å²) in [6.07, 6.45) is 3.67. The van der Waals surface area contributed by atoms with Crippen LogP contribution >= 0.6 is 0 Å². The molecule has 1 aliphatic carbocycles. The van der Waals surface area contributed by atoms with Gasteiger partial charge in [-0.15, -0.1) is 0 Å². The molecule has 0 aromatic heterocycles. The predicted molar refractivity (Wildman–Crippen MR) is 63.3 cm³/mol. The highest BCUT2D eigenvalue weighted by Crippen LogP contribution is 2.52. The van der Waals surface area contributed by atoms with E-state index in [1.807, 2.05) is 0 Å². The van der Waals surface area contributed by atoms with Gasteiger partial charge < -0.3 is 9.64 Å². The quantitative estimate of drug-likeness (QED) is 0.687. The van der Waals surface area contributed by atoms with Crippen molar-refractivity contribution in [1.82, 2.24) is 4.90 Å². The van der Waals surface area contributed by atoms with Crippen LogP contribution in [0.5, 0.6) is 0 Å². The number of ether oxygens (including phenoxy) is 1. The number of carbonyl (C=O) groups is 2. The molecule has 96 valence electrons. The molecular formula is C13H21NO3. The van der Waals surface area contributed by atoms with Crippen molar-refractivity contribution in [3.05, 3.63) is 0 Å². The summed E-state index contributed by atoms with van der Waals surface area (Å²) in [5, 5.41) is 0. The van der Waals surface area contributed by atoms with Gasteiger partial charge in [-0.05, 0) is 31.1 Å². The first-order chi connectivity index (χ1) is 7.97. The molecule has 4 nitrogen and oxygen atoms in total. The molecule has 0 radical (unpaired) electrons. The lowest BCUT2D eigenvalue weighted by molar-refractivity contribution is -0.155. The van der Waals surface area contributed by atoms with Crippen LogP contribution in [0.25, 0.3) is 0 Å². The molecule has 1 saturated heterocycles. The first kappa shape index (κ1) is 12.4. The van der Waals surface area contributed by atoms with Crippen LogP contribution in [0, 0.1) is 11.3 Å². The van der Waals surface area contributed by atoms with E-state index in [2.05, 4.69) is 13.8 Å². The van der Waals surface area contributed by atoms with Gasteiger partial charge >= 0.3 is 5.97 Å². The highest BCUT2D eigenvalue weighted by atomic mass is 16.5. The molecule has 1 unspecified atom stereocenters. The Hall–Kier alpha value is -1.06. The second-order valence-electron chi connectivity index (χ2n) is 5.81. The van der Waals surface area contributed by atoms with E-state index in [-0.39, 0.29) is 29.3 Å². The number of esters is 1. The number of piperidine rings is 1. The lowest BCUT2D eigenvalue weighted by Gasteiger charge is -2.34. The minimum Gasteiger partial charge on any atom is -0.467 e. The van der Waals surface area contributed by atoms with Crippen molar-refractivity contribution in [2.24, 2.45) is 11.3 Å². The molecule has 4 heteroatoms. The van der Waals surface area contributed by atoms with Gasteiger partial charge in [0.2, 0.25) is 5.91 Å². The molecule has 17 heavy (non-hydrogen) atoms. The summed E-state index contributed by atoms with van der Waals surface area (Å²) in [5.74, 6) is -0.0191. The molecule has 1 amide bonds. The number of nitrogens with zero attached hydrogens (tertiary/aromatic N) is 1. The minimum atomic E-state index is -0.349. The fourth-order valence-electron chi connectivity index (χ4n) is 2.67. The van der Waals surface area contributed by atoms with Crippen molar-refractivity contribution in [2.75, 3.05) is 13.7 Å². The molecule has 1 heterocycles. The van der Waals surface area contributed by atoms with Gasteiger partial charge in [0.05, 0.1) is 7.11 Å². The number of hydrogen-bond donors (Lipinski definition) is 0. The van der Waals surface area contributed by atoms with Gasteiger partial charge in [-0.2, -0.15) is 0 Å². The molecule has 0 bridgehead atoms. The van der Waals surface area contributed by atoms with Crippen LogP contribution in [0.15, 0.2) is 0 Å². The highest BCUT2D eigenvalue weighted by Gasteiger charge is 2.53. The Bertz CT molecular complexity index is 338. The van der Waals surface area contributed by atoms with E-state index in [1.165, 1.54) is 7.11 Å². The van der Waals surface area contributed by atoms with Crippen molar-refractivity contribution in [3.63, 3.8) is 0 Å². The van der Waals surface area contributed by atoms with E-state index in [9.17, 15) is 9.59 Å². The summed E-state index contributed by atoms with van der Waals surface area (Å²) in [4.78, 5) is 25.7. The fraction of sp³-hybridized carbons (Fsp3) is 0.846. The minimum absolute atomic E-state index is 0.104. The van der Waals surface area contributed by atoms with Gasteiger partial charge in [0.25, 0.3) is 0 Å². The summed E-state index contributed by atoms with van der Waals surface area (Å²) in [6.45, 7) is 4.91. The topological polar surface area (TPSA) is 46.6 Å². The van der Waals surface area contributed by atoms with Crippen molar-refractivity contribution < 1.29 is 14.3 Å². The van der Waals surface area contributed by atoms with Crippen molar-refractivity contribution in [2.45, 2.75) is 45.6 Å². The molecule has 1 saturated carbocycles. The largest absolute Gasteiger partial charge is 0.467 e. The van der Waals surface area contributed by atoms with Gasteiger partial charge in [-0.3, -0.25) is 4.79 Å². The maximum Gasteiger partial charge on any atom is 0.328 e. The summed E-state index contributed by atoms with van der Waals surface area (Å²) in [5.41, 5.74) is 0.120. The van der Waals surface area contributed by atoms with Crippen LogP contribution in [0.3, 0.4) is 0 Å². The van der Waals surface area contributed by atoms with E-state index in [1.54, 1.807) is 4.90 Å². The third-order valence-electron chi connectivity index (χ3n) is 4.07. The number of amides is 1. The predicted octanol–water partition coefficient (Wildman–Crippen LogP) is 1.59. The lowest BCUT2D eigenvalue weighted by atomic mass is 10.0. The number of methoxy groups -OCH3 is 1. The maximum atomic E-state index is 12.3. The highest BCUT2D eigenvalue weighted by molar-refractivity contribution is 5.88. The van der Waals surface area contributed by atoms with Gasteiger partial charge in [-0.25, -0.2) is 4.79 Å². The third kappa shape index (κ3) is 2.31. The summed E-state index contributed by atoms with van der Waals surface area (Å²) in [7, 11) is 1.39. The standard InChI is InChI=1S/C13H21NO3/c1-13(2)8-9(13)11(15)14-7-5-4-6-10(14)12(16)17-3/h9-10H,4-8H2,1-3H3/t9?,10-/m1/s1. The molecule has 0 N–H and O–H groups in total. The normalized spacial score (nSPS) is 30.9. The summed E-state index contributed by atoms with van der Waals surface area (Å²) >= 11 is 0. The van der Waals surface area contributed by atoms with E-state index in [0.717, 1.165) is 25.7 Å². The first-order valence-corrected chi connectivity index (χ1v) is 6.35. The van der Waals surface area contributed by atoms with Crippen molar-refractivity contribution in [1.29, 1.82) is 0 Å². The number of hydrogen-bond acceptors (Lipinski definition) is 3. The fourth-order valence-corrected chi connectivity index (χ4v) is 2.67.